The molecule has 1 aromatic carbocycles. The van der Waals surface area contributed by atoms with E-state index < -0.39 is 0 Å². The molecule has 0 spiro atoms. The first-order chi connectivity index (χ1) is 7.68. The predicted octanol–water partition coefficient (Wildman–Crippen LogP) is 2.28. The molecular weight excluding hydrogens is 202 g/mol. The fourth-order valence-electron chi connectivity index (χ4n) is 1.69. The van der Waals surface area contributed by atoms with E-state index in [0.717, 1.165) is 16.7 Å². The summed E-state index contributed by atoms with van der Waals surface area (Å²) in [4.78, 5) is 12.0. The minimum Gasteiger partial charge on any atom is -0.319 e. The molecule has 0 saturated heterocycles. The number of nitrogens with one attached hydrogen (secondary N) is 2. The predicted molar refractivity (Wildman–Crippen MR) is 62.5 cm³/mol. The SMILES string of the molecule is Cc1cccc(C)c1C(=O)Nc1cn[nH]c1. The van der Waals surface area contributed by atoms with E-state index in [0.29, 0.717) is 5.69 Å². The van der Waals surface area contributed by atoms with Crippen molar-refractivity contribution >= 4 is 11.6 Å². The Bertz CT molecular complexity index is 483. The average Bonchev–Trinajstić information content (AvgIpc) is 2.70. The molecule has 1 amide bonds. The molecule has 0 saturated carbocycles. The molecule has 16 heavy (non-hydrogen) atoms. The van der Waals surface area contributed by atoms with Crippen molar-refractivity contribution in [3.63, 3.8) is 0 Å². The van der Waals surface area contributed by atoms with E-state index in [1.54, 1.807) is 12.4 Å². The molecule has 0 unspecified atom stereocenters. The highest BCUT2D eigenvalue weighted by atomic mass is 16.1. The van der Waals surface area contributed by atoms with Gasteiger partial charge in [-0.2, -0.15) is 5.10 Å². The maximum absolute atomic E-state index is 12.0. The van der Waals surface area contributed by atoms with Crippen molar-refractivity contribution in [2.45, 2.75) is 13.8 Å². The number of aryl methyl sites for hydroxylation is 2. The lowest BCUT2D eigenvalue weighted by atomic mass is 10.0. The number of rotatable bonds is 2. The zero-order valence-corrected chi connectivity index (χ0v) is 9.24. The van der Waals surface area contributed by atoms with Gasteiger partial charge in [0.1, 0.15) is 0 Å². The van der Waals surface area contributed by atoms with Crippen LogP contribution in [0.25, 0.3) is 0 Å². The standard InChI is InChI=1S/C12H13N3O/c1-8-4-3-5-9(2)11(8)12(16)15-10-6-13-14-7-10/h3-7H,1-2H3,(H,13,14)(H,15,16). The summed E-state index contributed by atoms with van der Waals surface area (Å²) in [6.07, 6.45) is 3.22. The molecule has 0 aliphatic heterocycles. The lowest BCUT2D eigenvalue weighted by Crippen LogP contribution is -2.14. The van der Waals surface area contributed by atoms with E-state index in [-0.39, 0.29) is 5.91 Å². The van der Waals surface area contributed by atoms with Crippen LogP contribution in [-0.2, 0) is 0 Å². The van der Waals surface area contributed by atoms with Gasteiger partial charge in [-0.05, 0) is 25.0 Å². The Morgan fingerprint density at radius 3 is 2.56 bits per heavy atom. The third-order valence-corrected chi connectivity index (χ3v) is 2.46. The molecule has 0 aliphatic carbocycles. The van der Waals surface area contributed by atoms with Crippen molar-refractivity contribution in [3.8, 4) is 0 Å². The molecule has 0 bridgehead atoms. The highest BCUT2D eigenvalue weighted by molar-refractivity contribution is 6.06. The molecule has 4 nitrogen and oxygen atoms in total. The number of nitrogens with zero attached hydrogens (tertiary/aromatic N) is 1. The molecule has 1 heterocycles. The highest BCUT2D eigenvalue weighted by Crippen LogP contribution is 2.15. The summed E-state index contributed by atoms with van der Waals surface area (Å²) >= 11 is 0. The summed E-state index contributed by atoms with van der Waals surface area (Å²) in [5.41, 5.74) is 3.35. The quantitative estimate of drug-likeness (QED) is 0.807. The molecule has 0 aliphatic rings. The third-order valence-electron chi connectivity index (χ3n) is 2.46. The zero-order valence-electron chi connectivity index (χ0n) is 9.24. The fourth-order valence-corrected chi connectivity index (χ4v) is 1.69. The summed E-state index contributed by atoms with van der Waals surface area (Å²) in [5.74, 6) is -0.1000. The van der Waals surface area contributed by atoms with Gasteiger partial charge in [-0.25, -0.2) is 0 Å². The van der Waals surface area contributed by atoms with E-state index in [4.69, 9.17) is 0 Å². The maximum atomic E-state index is 12.0. The Kier molecular flexibility index (Phi) is 2.72. The summed E-state index contributed by atoms with van der Waals surface area (Å²) in [6.45, 7) is 3.86. The zero-order chi connectivity index (χ0) is 11.5. The van der Waals surface area contributed by atoms with Crippen LogP contribution >= 0.6 is 0 Å². The number of anilines is 1. The molecule has 0 atom stereocenters. The summed E-state index contributed by atoms with van der Waals surface area (Å²) in [6, 6.07) is 5.80. The molecule has 0 fully saturated rings. The molecule has 2 aromatic rings. The summed E-state index contributed by atoms with van der Waals surface area (Å²) < 4.78 is 0. The van der Waals surface area contributed by atoms with Gasteiger partial charge in [-0.3, -0.25) is 9.89 Å². The maximum Gasteiger partial charge on any atom is 0.256 e. The van der Waals surface area contributed by atoms with Crippen LogP contribution < -0.4 is 5.32 Å². The molecule has 2 N–H and O–H groups in total. The van der Waals surface area contributed by atoms with Crippen molar-refractivity contribution < 1.29 is 4.79 Å². The topological polar surface area (TPSA) is 57.8 Å². The van der Waals surface area contributed by atoms with Crippen LogP contribution in [0.2, 0.25) is 0 Å². The number of carbonyl (C=O) groups is 1. The van der Waals surface area contributed by atoms with Gasteiger partial charge >= 0.3 is 0 Å². The van der Waals surface area contributed by atoms with Gasteiger partial charge in [0, 0.05) is 11.8 Å². The molecule has 4 heteroatoms. The summed E-state index contributed by atoms with van der Waals surface area (Å²) in [7, 11) is 0. The van der Waals surface area contributed by atoms with Crippen molar-refractivity contribution in [2.24, 2.45) is 0 Å². The highest BCUT2D eigenvalue weighted by Gasteiger charge is 2.11. The third kappa shape index (κ3) is 1.95. The molecule has 82 valence electrons. The number of carbonyl (C=O) groups excluding carboxylic acids is 1. The first-order valence-corrected chi connectivity index (χ1v) is 5.05. The van der Waals surface area contributed by atoms with Crippen molar-refractivity contribution in [1.82, 2.24) is 10.2 Å². The number of aromatic amines is 1. The van der Waals surface area contributed by atoms with Crippen LogP contribution in [0.15, 0.2) is 30.6 Å². The van der Waals surface area contributed by atoms with Crippen LogP contribution in [0.3, 0.4) is 0 Å². The Morgan fingerprint density at radius 2 is 2.00 bits per heavy atom. The van der Waals surface area contributed by atoms with Gasteiger partial charge < -0.3 is 5.32 Å². The van der Waals surface area contributed by atoms with E-state index >= 15 is 0 Å². The minimum absolute atomic E-state index is 0.1000. The van der Waals surface area contributed by atoms with E-state index in [1.807, 2.05) is 32.0 Å². The normalized spacial score (nSPS) is 10.1. The fraction of sp³-hybridized carbons (Fsp3) is 0.167. The van der Waals surface area contributed by atoms with Gasteiger partial charge in [-0.1, -0.05) is 18.2 Å². The number of aromatic nitrogens is 2. The Balaban J connectivity index is 2.28. The first-order valence-electron chi connectivity index (χ1n) is 5.05. The molecule has 2 rings (SSSR count). The van der Waals surface area contributed by atoms with Gasteiger partial charge in [0.05, 0.1) is 11.9 Å². The van der Waals surface area contributed by atoms with Gasteiger partial charge in [0.25, 0.3) is 5.91 Å². The lowest BCUT2D eigenvalue weighted by molar-refractivity contribution is 0.102. The van der Waals surface area contributed by atoms with Crippen LogP contribution in [0.1, 0.15) is 21.5 Å². The van der Waals surface area contributed by atoms with Crippen LogP contribution in [0, 0.1) is 13.8 Å². The summed E-state index contributed by atoms with van der Waals surface area (Å²) in [5, 5.41) is 9.21. The number of hydrogen-bond acceptors (Lipinski definition) is 2. The van der Waals surface area contributed by atoms with Crippen LogP contribution in [-0.4, -0.2) is 16.1 Å². The Labute approximate surface area is 93.7 Å². The van der Waals surface area contributed by atoms with Gasteiger partial charge in [-0.15, -0.1) is 0 Å². The van der Waals surface area contributed by atoms with Gasteiger partial charge in [0.2, 0.25) is 0 Å². The molecule has 1 aromatic heterocycles. The largest absolute Gasteiger partial charge is 0.319 e. The number of H-pyrrole nitrogens is 1. The Morgan fingerprint density at radius 1 is 1.31 bits per heavy atom. The first kappa shape index (κ1) is 10.4. The average molecular weight is 215 g/mol. The van der Waals surface area contributed by atoms with Crippen molar-refractivity contribution in [1.29, 1.82) is 0 Å². The monoisotopic (exact) mass is 215 g/mol. The van der Waals surface area contributed by atoms with Crippen molar-refractivity contribution in [2.75, 3.05) is 5.32 Å². The lowest BCUT2D eigenvalue weighted by Gasteiger charge is -2.08. The van der Waals surface area contributed by atoms with Gasteiger partial charge in [0.15, 0.2) is 0 Å². The molecular formula is C12H13N3O. The number of amides is 1. The minimum atomic E-state index is -0.1000. The van der Waals surface area contributed by atoms with Crippen LogP contribution in [0.4, 0.5) is 5.69 Å². The number of hydrogen-bond donors (Lipinski definition) is 2. The Hall–Kier alpha value is -2.10. The molecule has 0 radical (unpaired) electrons. The second-order valence-corrected chi connectivity index (χ2v) is 3.71. The van der Waals surface area contributed by atoms with E-state index in [2.05, 4.69) is 15.5 Å². The second kappa shape index (κ2) is 4.18. The van der Waals surface area contributed by atoms with Crippen LogP contribution in [0.5, 0.6) is 0 Å². The van der Waals surface area contributed by atoms with E-state index in [9.17, 15) is 4.79 Å². The number of benzene rings is 1. The van der Waals surface area contributed by atoms with E-state index in [1.165, 1.54) is 0 Å². The second-order valence-electron chi connectivity index (χ2n) is 3.71. The smallest absolute Gasteiger partial charge is 0.256 e. The van der Waals surface area contributed by atoms with Crippen molar-refractivity contribution in [3.05, 3.63) is 47.3 Å².